The number of halogens is 1. The van der Waals surface area contributed by atoms with E-state index in [1.165, 1.54) is 0 Å². The number of benzene rings is 1. The van der Waals surface area contributed by atoms with Crippen LogP contribution in [-0.2, 0) is 11.2 Å². The molecule has 92 valence electrons. The fourth-order valence-electron chi connectivity index (χ4n) is 1.75. The third-order valence-corrected chi connectivity index (χ3v) is 3.88. The monoisotopic (exact) mass is 345 g/mol. The number of hydrogen-bond donors (Lipinski definition) is 2. The average molecular weight is 345 g/mol. The molecule has 4 heteroatoms. The van der Waals surface area contributed by atoms with Crippen molar-refractivity contribution in [2.75, 3.05) is 13.2 Å². The number of rotatable bonds is 5. The quantitative estimate of drug-likeness (QED) is 0.799. The van der Waals surface area contributed by atoms with E-state index in [0.29, 0.717) is 13.0 Å². The van der Waals surface area contributed by atoms with Gasteiger partial charge in [-0.25, -0.2) is 0 Å². The minimum Gasteiger partial charge on any atom is -0.396 e. The van der Waals surface area contributed by atoms with E-state index in [1.807, 2.05) is 24.3 Å². The summed E-state index contributed by atoms with van der Waals surface area (Å²) in [4.78, 5) is 11.7. The van der Waals surface area contributed by atoms with Gasteiger partial charge in [-0.3, -0.25) is 4.79 Å². The topological polar surface area (TPSA) is 49.3 Å². The second kappa shape index (κ2) is 5.35. The third kappa shape index (κ3) is 3.67. The first-order valence-corrected chi connectivity index (χ1v) is 6.83. The summed E-state index contributed by atoms with van der Waals surface area (Å²) in [5.41, 5.74) is 1.02. The Kier molecular flexibility index (Phi) is 4.04. The van der Waals surface area contributed by atoms with Gasteiger partial charge in [0.2, 0.25) is 5.91 Å². The van der Waals surface area contributed by atoms with E-state index < -0.39 is 0 Å². The molecule has 2 rings (SSSR count). The average Bonchev–Trinajstić information content (AvgIpc) is 3.07. The maximum absolute atomic E-state index is 11.7. The van der Waals surface area contributed by atoms with Crippen molar-refractivity contribution in [2.24, 2.45) is 5.41 Å². The molecular weight excluding hydrogens is 329 g/mol. The fourth-order valence-corrected chi connectivity index (χ4v) is 2.36. The molecular formula is C13H16INO2. The molecule has 0 spiro atoms. The Morgan fingerprint density at radius 1 is 1.47 bits per heavy atom. The van der Waals surface area contributed by atoms with Crippen LogP contribution in [0.4, 0.5) is 0 Å². The summed E-state index contributed by atoms with van der Waals surface area (Å²) in [6.07, 6.45) is 2.46. The third-order valence-electron chi connectivity index (χ3n) is 3.21. The molecule has 1 aliphatic carbocycles. The first-order valence-electron chi connectivity index (χ1n) is 5.76. The molecule has 0 aromatic heterocycles. The fraction of sp³-hybridized carbons (Fsp3) is 0.462. The lowest BCUT2D eigenvalue weighted by Crippen LogP contribution is -2.32. The maximum Gasteiger partial charge on any atom is 0.224 e. The van der Waals surface area contributed by atoms with Gasteiger partial charge in [0, 0.05) is 15.5 Å². The minimum absolute atomic E-state index is 0.0131. The van der Waals surface area contributed by atoms with Crippen molar-refractivity contribution >= 4 is 28.5 Å². The molecule has 0 unspecified atom stereocenters. The van der Waals surface area contributed by atoms with Gasteiger partial charge in [-0.1, -0.05) is 12.1 Å². The molecule has 17 heavy (non-hydrogen) atoms. The summed E-state index contributed by atoms with van der Waals surface area (Å²) in [5, 5.41) is 12.0. The Morgan fingerprint density at radius 3 is 2.82 bits per heavy atom. The normalized spacial score (nSPS) is 16.6. The Hall–Kier alpha value is -0.620. The van der Waals surface area contributed by atoms with Gasteiger partial charge in [-0.2, -0.15) is 0 Å². The van der Waals surface area contributed by atoms with Crippen LogP contribution in [0.15, 0.2) is 24.3 Å². The molecule has 1 amide bonds. The van der Waals surface area contributed by atoms with Crippen molar-refractivity contribution in [3.8, 4) is 0 Å². The Balaban J connectivity index is 1.81. The van der Waals surface area contributed by atoms with Crippen LogP contribution in [0.2, 0.25) is 0 Å². The molecule has 1 saturated carbocycles. The van der Waals surface area contributed by atoms with Gasteiger partial charge in [0.1, 0.15) is 0 Å². The van der Waals surface area contributed by atoms with E-state index in [-0.39, 0.29) is 17.9 Å². The number of aliphatic hydroxyl groups excluding tert-OH is 1. The number of carbonyl (C=O) groups is 1. The molecule has 1 fully saturated rings. The summed E-state index contributed by atoms with van der Waals surface area (Å²) >= 11 is 2.24. The van der Waals surface area contributed by atoms with Crippen molar-refractivity contribution in [1.29, 1.82) is 0 Å². The van der Waals surface area contributed by atoms with Crippen molar-refractivity contribution in [1.82, 2.24) is 5.32 Å². The molecule has 0 radical (unpaired) electrons. The van der Waals surface area contributed by atoms with Crippen LogP contribution in [0, 0.1) is 8.99 Å². The molecule has 1 aromatic rings. The van der Waals surface area contributed by atoms with Crippen LogP contribution in [0.1, 0.15) is 18.4 Å². The van der Waals surface area contributed by atoms with Crippen molar-refractivity contribution in [3.05, 3.63) is 33.4 Å². The highest BCUT2D eigenvalue weighted by molar-refractivity contribution is 14.1. The van der Waals surface area contributed by atoms with E-state index in [1.54, 1.807) is 0 Å². The van der Waals surface area contributed by atoms with Crippen LogP contribution in [-0.4, -0.2) is 24.2 Å². The molecule has 0 atom stereocenters. The summed E-state index contributed by atoms with van der Waals surface area (Å²) in [6.45, 7) is 0.781. The van der Waals surface area contributed by atoms with Crippen molar-refractivity contribution in [2.45, 2.75) is 19.3 Å². The van der Waals surface area contributed by atoms with Crippen LogP contribution in [0.25, 0.3) is 0 Å². The van der Waals surface area contributed by atoms with Gasteiger partial charge in [-0.15, -0.1) is 0 Å². The van der Waals surface area contributed by atoms with Crippen molar-refractivity contribution < 1.29 is 9.90 Å². The van der Waals surface area contributed by atoms with E-state index in [4.69, 9.17) is 5.11 Å². The van der Waals surface area contributed by atoms with Crippen LogP contribution >= 0.6 is 22.6 Å². The van der Waals surface area contributed by atoms with Gasteiger partial charge in [0.15, 0.2) is 0 Å². The highest BCUT2D eigenvalue weighted by Gasteiger charge is 2.41. The molecule has 1 aliphatic rings. The number of hydrogen-bond acceptors (Lipinski definition) is 2. The predicted molar refractivity (Wildman–Crippen MR) is 74.6 cm³/mol. The largest absolute Gasteiger partial charge is 0.396 e. The first-order chi connectivity index (χ1) is 8.13. The zero-order valence-corrected chi connectivity index (χ0v) is 11.7. The smallest absolute Gasteiger partial charge is 0.224 e. The molecule has 0 bridgehead atoms. The number of nitrogens with one attached hydrogen (secondary N) is 1. The zero-order valence-electron chi connectivity index (χ0n) is 9.58. The highest BCUT2D eigenvalue weighted by Crippen LogP contribution is 2.44. The lowest BCUT2D eigenvalue weighted by Gasteiger charge is -2.12. The van der Waals surface area contributed by atoms with Gasteiger partial charge in [-0.05, 0) is 53.1 Å². The second-order valence-electron chi connectivity index (χ2n) is 4.74. The predicted octanol–water partition coefficient (Wildman–Crippen LogP) is 1.72. The standard InChI is InChI=1S/C13H16INO2/c14-11-3-1-2-10(6-11)7-12(17)15-8-13(9-16)4-5-13/h1-3,6,16H,4-5,7-9H2,(H,15,17). The van der Waals surface area contributed by atoms with Crippen LogP contribution < -0.4 is 5.32 Å². The molecule has 0 heterocycles. The molecule has 0 aliphatic heterocycles. The lowest BCUT2D eigenvalue weighted by molar-refractivity contribution is -0.120. The van der Waals surface area contributed by atoms with E-state index in [0.717, 1.165) is 22.0 Å². The summed E-state index contributed by atoms with van der Waals surface area (Å²) in [7, 11) is 0. The van der Waals surface area contributed by atoms with Gasteiger partial charge >= 0.3 is 0 Å². The van der Waals surface area contributed by atoms with E-state index in [2.05, 4.69) is 27.9 Å². The highest BCUT2D eigenvalue weighted by atomic mass is 127. The molecule has 3 nitrogen and oxygen atoms in total. The Bertz CT molecular complexity index is 416. The Morgan fingerprint density at radius 2 is 2.24 bits per heavy atom. The number of amides is 1. The minimum atomic E-state index is -0.0131. The molecule has 1 aromatic carbocycles. The maximum atomic E-state index is 11.7. The summed E-state index contributed by atoms with van der Waals surface area (Å²) in [6, 6.07) is 7.94. The van der Waals surface area contributed by atoms with Gasteiger partial charge < -0.3 is 10.4 Å². The molecule has 2 N–H and O–H groups in total. The number of aliphatic hydroxyl groups is 1. The zero-order chi connectivity index (χ0) is 12.3. The van der Waals surface area contributed by atoms with Crippen LogP contribution in [0.3, 0.4) is 0 Å². The first kappa shape index (κ1) is 12.8. The summed E-state index contributed by atoms with van der Waals surface area (Å²) in [5.74, 6) is 0.0340. The van der Waals surface area contributed by atoms with E-state index >= 15 is 0 Å². The van der Waals surface area contributed by atoms with Gasteiger partial charge in [0.05, 0.1) is 13.0 Å². The Labute approximate surface area is 115 Å². The van der Waals surface area contributed by atoms with Crippen LogP contribution in [0.5, 0.6) is 0 Å². The molecule has 0 saturated heterocycles. The van der Waals surface area contributed by atoms with Crippen molar-refractivity contribution in [3.63, 3.8) is 0 Å². The summed E-state index contributed by atoms with van der Waals surface area (Å²) < 4.78 is 1.14. The lowest BCUT2D eigenvalue weighted by atomic mass is 10.1. The SMILES string of the molecule is O=C(Cc1cccc(I)c1)NCC1(CO)CC1. The second-order valence-corrected chi connectivity index (χ2v) is 5.99. The van der Waals surface area contributed by atoms with Gasteiger partial charge in [0.25, 0.3) is 0 Å². The number of carbonyl (C=O) groups excluding carboxylic acids is 1. The van der Waals surface area contributed by atoms with E-state index in [9.17, 15) is 4.79 Å².